The van der Waals surface area contributed by atoms with Crippen LogP contribution in [0.1, 0.15) is 44.2 Å². The van der Waals surface area contributed by atoms with Crippen LogP contribution in [0, 0.1) is 0 Å². The first-order chi connectivity index (χ1) is 16.3. The number of hydrogen-bond acceptors (Lipinski definition) is 6. The van der Waals surface area contributed by atoms with Gasteiger partial charge in [0, 0.05) is 51.0 Å². The number of piperidine rings is 1. The molecular weight excluding hydrogens is 449 g/mol. The van der Waals surface area contributed by atoms with E-state index in [2.05, 4.69) is 34.6 Å². The standard InChI is InChI=1S/C24H33F3N4O3/c1-18(2)22-17-31(19-7-9-29(10-8-19)11-12-30-13-15-32-16-14-30)28-23(22)33-20-3-5-21(6-4-20)34-24(25,26)27/h3-6,17-19H,7-16H2,1-2H3. The Kier molecular flexibility index (Phi) is 8.00. The lowest BCUT2D eigenvalue weighted by Crippen LogP contribution is -2.43. The molecule has 0 atom stereocenters. The number of halogens is 3. The number of nitrogens with zero attached hydrogens (tertiary/aromatic N) is 4. The topological polar surface area (TPSA) is 52.0 Å². The lowest BCUT2D eigenvalue weighted by molar-refractivity contribution is -0.274. The van der Waals surface area contributed by atoms with E-state index < -0.39 is 6.36 Å². The highest BCUT2D eigenvalue weighted by Crippen LogP contribution is 2.33. The summed E-state index contributed by atoms with van der Waals surface area (Å²) in [5, 5.41) is 4.72. The number of aromatic nitrogens is 2. The molecule has 2 aromatic rings. The number of likely N-dealkylation sites (tertiary alicyclic amines) is 1. The van der Waals surface area contributed by atoms with Gasteiger partial charge in [-0.2, -0.15) is 0 Å². The molecule has 0 spiro atoms. The Labute approximate surface area is 198 Å². The van der Waals surface area contributed by atoms with Crippen LogP contribution >= 0.6 is 0 Å². The minimum atomic E-state index is -4.72. The third-order valence-corrected chi connectivity index (χ3v) is 6.39. The summed E-state index contributed by atoms with van der Waals surface area (Å²) in [5.74, 6) is 0.828. The Hall–Kier alpha value is -2.30. The molecule has 0 radical (unpaired) electrons. The Morgan fingerprint density at radius 1 is 0.971 bits per heavy atom. The third-order valence-electron chi connectivity index (χ3n) is 6.39. The summed E-state index contributed by atoms with van der Waals surface area (Å²) in [6.07, 6.45) is -0.629. The Balaban J connectivity index is 1.34. The second-order valence-corrected chi connectivity index (χ2v) is 9.17. The fourth-order valence-corrected chi connectivity index (χ4v) is 4.39. The maximum absolute atomic E-state index is 12.4. The lowest BCUT2D eigenvalue weighted by atomic mass is 10.0. The summed E-state index contributed by atoms with van der Waals surface area (Å²) in [6.45, 7) is 12.1. The van der Waals surface area contributed by atoms with Crippen LogP contribution in [0.25, 0.3) is 0 Å². The zero-order chi connectivity index (χ0) is 24.1. The van der Waals surface area contributed by atoms with E-state index in [0.29, 0.717) is 17.7 Å². The van der Waals surface area contributed by atoms with Crippen molar-refractivity contribution < 1.29 is 27.4 Å². The van der Waals surface area contributed by atoms with E-state index in [9.17, 15) is 13.2 Å². The maximum atomic E-state index is 12.4. The van der Waals surface area contributed by atoms with Gasteiger partial charge in [-0.15, -0.1) is 18.3 Å². The van der Waals surface area contributed by atoms with Gasteiger partial charge in [0.2, 0.25) is 5.88 Å². The van der Waals surface area contributed by atoms with E-state index in [-0.39, 0.29) is 11.7 Å². The van der Waals surface area contributed by atoms with Crippen LogP contribution < -0.4 is 9.47 Å². The number of morpholine rings is 1. The van der Waals surface area contributed by atoms with Gasteiger partial charge in [-0.1, -0.05) is 13.8 Å². The van der Waals surface area contributed by atoms with Crippen LogP contribution in [-0.2, 0) is 4.74 Å². The van der Waals surface area contributed by atoms with E-state index in [1.165, 1.54) is 24.3 Å². The Bertz CT molecular complexity index is 903. The van der Waals surface area contributed by atoms with Gasteiger partial charge in [0.15, 0.2) is 0 Å². The van der Waals surface area contributed by atoms with Crippen LogP contribution in [0.4, 0.5) is 13.2 Å². The number of benzene rings is 1. The minimum Gasteiger partial charge on any atom is -0.437 e. The van der Waals surface area contributed by atoms with Gasteiger partial charge < -0.3 is 19.1 Å². The molecule has 0 aliphatic carbocycles. The van der Waals surface area contributed by atoms with Gasteiger partial charge >= 0.3 is 6.36 Å². The lowest BCUT2D eigenvalue weighted by Gasteiger charge is -2.34. The van der Waals surface area contributed by atoms with Crippen LogP contribution in [0.2, 0.25) is 0 Å². The summed E-state index contributed by atoms with van der Waals surface area (Å²) in [6, 6.07) is 5.69. The van der Waals surface area contributed by atoms with Crippen LogP contribution in [0.3, 0.4) is 0 Å². The molecule has 0 unspecified atom stereocenters. The largest absolute Gasteiger partial charge is 0.573 e. The fraction of sp³-hybridized carbons (Fsp3) is 0.625. The van der Waals surface area contributed by atoms with E-state index in [4.69, 9.17) is 14.6 Å². The van der Waals surface area contributed by atoms with Crippen molar-refractivity contribution in [3.05, 3.63) is 36.0 Å². The Morgan fingerprint density at radius 3 is 2.15 bits per heavy atom. The average molecular weight is 483 g/mol. The highest BCUT2D eigenvalue weighted by atomic mass is 19.4. The first kappa shape index (κ1) is 24.8. The van der Waals surface area contributed by atoms with Crippen molar-refractivity contribution in [2.45, 2.75) is 45.0 Å². The molecule has 2 fully saturated rings. The van der Waals surface area contributed by atoms with Gasteiger partial charge in [0.1, 0.15) is 11.5 Å². The third kappa shape index (κ3) is 6.86. The highest BCUT2D eigenvalue weighted by molar-refractivity contribution is 5.36. The SMILES string of the molecule is CC(C)c1cn(C2CCN(CCN3CCOCC3)CC2)nc1Oc1ccc(OC(F)(F)F)cc1. The molecule has 188 valence electrons. The molecule has 0 N–H and O–H groups in total. The first-order valence-corrected chi connectivity index (χ1v) is 11.9. The van der Waals surface area contributed by atoms with Crippen molar-refractivity contribution in [3.8, 4) is 17.4 Å². The highest BCUT2D eigenvalue weighted by Gasteiger charge is 2.31. The quantitative estimate of drug-likeness (QED) is 0.545. The summed E-state index contributed by atoms with van der Waals surface area (Å²) in [4.78, 5) is 4.98. The van der Waals surface area contributed by atoms with E-state index in [1.807, 2.05) is 4.68 Å². The fourth-order valence-electron chi connectivity index (χ4n) is 4.39. The van der Waals surface area contributed by atoms with E-state index in [0.717, 1.165) is 70.9 Å². The van der Waals surface area contributed by atoms with Crippen molar-refractivity contribution >= 4 is 0 Å². The molecule has 2 aliphatic heterocycles. The molecule has 7 nitrogen and oxygen atoms in total. The van der Waals surface area contributed by atoms with Gasteiger partial charge in [-0.05, 0) is 43.0 Å². The smallest absolute Gasteiger partial charge is 0.437 e. The normalized spacial score (nSPS) is 19.0. The van der Waals surface area contributed by atoms with Crippen LogP contribution in [0.15, 0.2) is 30.5 Å². The maximum Gasteiger partial charge on any atom is 0.573 e. The van der Waals surface area contributed by atoms with Gasteiger partial charge in [0.25, 0.3) is 0 Å². The monoisotopic (exact) mass is 482 g/mol. The number of hydrogen-bond donors (Lipinski definition) is 0. The zero-order valence-corrected chi connectivity index (χ0v) is 19.8. The summed E-state index contributed by atoms with van der Waals surface area (Å²) in [7, 11) is 0. The molecule has 0 bridgehead atoms. The summed E-state index contributed by atoms with van der Waals surface area (Å²) in [5.41, 5.74) is 0.977. The summed E-state index contributed by atoms with van der Waals surface area (Å²) < 4.78 is 54.5. The molecule has 1 aromatic heterocycles. The second kappa shape index (κ2) is 11.0. The molecular formula is C24H33F3N4O3. The molecule has 34 heavy (non-hydrogen) atoms. The zero-order valence-electron chi connectivity index (χ0n) is 19.8. The molecule has 10 heteroatoms. The van der Waals surface area contributed by atoms with Crippen LogP contribution in [-0.4, -0.2) is 78.4 Å². The predicted molar refractivity (Wildman–Crippen MR) is 121 cm³/mol. The summed E-state index contributed by atoms with van der Waals surface area (Å²) >= 11 is 0. The molecule has 2 saturated heterocycles. The van der Waals surface area contributed by atoms with Crippen molar-refractivity contribution in [2.75, 3.05) is 52.5 Å². The van der Waals surface area contributed by atoms with E-state index >= 15 is 0 Å². The van der Waals surface area contributed by atoms with Gasteiger partial charge in [0.05, 0.1) is 19.3 Å². The number of rotatable bonds is 8. The Morgan fingerprint density at radius 2 is 1.56 bits per heavy atom. The van der Waals surface area contributed by atoms with Crippen molar-refractivity contribution in [1.29, 1.82) is 0 Å². The van der Waals surface area contributed by atoms with Gasteiger partial charge in [-0.25, -0.2) is 0 Å². The van der Waals surface area contributed by atoms with E-state index in [1.54, 1.807) is 0 Å². The first-order valence-electron chi connectivity index (χ1n) is 11.9. The van der Waals surface area contributed by atoms with Crippen molar-refractivity contribution in [3.63, 3.8) is 0 Å². The number of alkyl halides is 3. The molecule has 0 saturated carbocycles. The molecule has 3 heterocycles. The average Bonchev–Trinajstić information content (AvgIpc) is 3.23. The molecule has 4 rings (SSSR count). The van der Waals surface area contributed by atoms with Crippen molar-refractivity contribution in [1.82, 2.24) is 19.6 Å². The molecule has 0 amide bonds. The predicted octanol–water partition coefficient (Wildman–Crippen LogP) is 4.67. The minimum absolute atomic E-state index is 0.199. The van der Waals surface area contributed by atoms with Crippen LogP contribution in [0.5, 0.6) is 17.4 Å². The second-order valence-electron chi connectivity index (χ2n) is 9.17. The number of ether oxygens (including phenoxy) is 3. The molecule has 2 aliphatic rings. The molecule has 1 aromatic carbocycles. The van der Waals surface area contributed by atoms with Crippen molar-refractivity contribution in [2.24, 2.45) is 0 Å². The van der Waals surface area contributed by atoms with Gasteiger partial charge in [-0.3, -0.25) is 9.58 Å².